The summed E-state index contributed by atoms with van der Waals surface area (Å²) < 4.78 is 3.52. The summed E-state index contributed by atoms with van der Waals surface area (Å²) in [7, 11) is 1.89. The van der Waals surface area contributed by atoms with Crippen LogP contribution in [0.25, 0.3) is 5.69 Å². The Bertz CT molecular complexity index is 875. The molecule has 4 rings (SSSR count). The third-order valence-corrected chi connectivity index (χ3v) is 4.57. The molecule has 2 N–H and O–H groups in total. The minimum atomic E-state index is -0.133. The van der Waals surface area contributed by atoms with Crippen LogP contribution < -0.4 is 10.6 Å². The molecule has 0 aliphatic carbocycles. The number of hydrogen-bond acceptors (Lipinski definition) is 4. The number of benzene rings is 1. The average Bonchev–Trinajstić information content (AvgIpc) is 3.35. The van der Waals surface area contributed by atoms with E-state index in [0.717, 1.165) is 17.8 Å². The summed E-state index contributed by atoms with van der Waals surface area (Å²) in [4.78, 5) is 12.7. The monoisotopic (exact) mass is 372 g/mol. The number of anilines is 1. The number of para-hydroxylation sites is 1. The summed E-state index contributed by atoms with van der Waals surface area (Å²) in [6.07, 6.45) is 5.65. The van der Waals surface area contributed by atoms with E-state index in [4.69, 9.17) is 0 Å². The molecule has 2 aromatic heterocycles. The SMILES string of the molecule is Cl.Cn1cc([C@H]2CNC[C@@H]2C(=O)Nc2ccn(-c3ccccc3)n2)cn1. The molecule has 0 unspecified atom stereocenters. The van der Waals surface area contributed by atoms with E-state index in [2.05, 4.69) is 20.8 Å². The first kappa shape index (κ1) is 18.2. The number of carbonyl (C=O) groups excluding carboxylic acids is 1. The maximum absolute atomic E-state index is 12.7. The highest BCUT2D eigenvalue weighted by molar-refractivity contribution is 5.92. The van der Waals surface area contributed by atoms with Crippen LogP contribution in [0.4, 0.5) is 5.82 Å². The zero-order valence-electron chi connectivity index (χ0n) is 14.4. The van der Waals surface area contributed by atoms with Crippen molar-refractivity contribution < 1.29 is 4.79 Å². The molecule has 1 amide bonds. The van der Waals surface area contributed by atoms with Gasteiger partial charge in [-0.2, -0.15) is 10.2 Å². The Labute approximate surface area is 157 Å². The fourth-order valence-electron chi connectivity index (χ4n) is 3.27. The van der Waals surface area contributed by atoms with Gasteiger partial charge in [-0.05, 0) is 17.7 Å². The van der Waals surface area contributed by atoms with E-state index in [1.54, 1.807) is 9.36 Å². The van der Waals surface area contributed by atoms with Crippen molar-refractivity contribution in [2.75, 3.05) is 18.4 Å². The van der Waals surface area contributed by atoms with Crippen molar-refractivity contribution >= 4 is 24.1 Å². The van der Waals surface area contributed by atoms with Gasteiger partial charge < -0.3 is 10.6 Å². The van der Waals surface area contributed by atoms with E-state index in [1.165, 1.54) is 0 Å². The second-order valence-electron chi connectivity index (χ2n) is 6.29. The molecule has 8 heteroatoms. The summed E-state index contributed by atoms with van der Waals surface area (Å²) >= 11 is 0. The first-order valence-corrected chi connectivity index (χ1v) is 8.32. The van der Waals surface area contributed by atoms with Crippen LogP contribution in [0.15, 0.2) is 55.0 Å². The van der Waals surface area contributed by atoms with Gasteiger partial charge in [0.2, 0.25) is 5.91 Å². The predicted octanol–water partition coefficient (Wildman–Crippen LogP) is 1.97. The van der Waals surface area contributed by atoms with Crippen LogP contribution in [0.3, 0.4) is 0 Å². The molecule has 26 heavy (non-hydrogen) atoms. The molecule has 0 saturated carbocycles. The van der Waals surface area contributed by atoms with E-state index >= 15 is 0 Å². The number of hydrogen-bond donors (Lipinski definition) is 2. The lowest BCUT2D eigenvalue weighted by molar-refractivity contribution is -0.119. The van der Waals surface area contributed by atoms with Gasteiger partial charge in [0.1, 0.15) is 0 Å². The summed E-state index contributed by atoms with van der Waals surface area (Å²) in [5, 5.41) is 14.9. The van der Waals surface area contributed by atoms with Crippen molar-refractivity contribution in [2.45, 2.75) is 5.92 Å². The van der Waals surface area contributed by atoms with E-state index in [1.807, 2.05) is 62.0 Å². The zero-order chi connectivity index (χ0) is 17.2. The Kier molecular flexibility index (Phi) is 5.39. The molecule has 1 aliphatic rings. The van der Waals surface area contributed by atoms with E-state index in [9.17, 15) is 4.79 Å². The van der Waals surface area contributed by atoms with Crippen LogP contribution in [-0.4, -0.2) is 38.6 Å². The molecule has 2 atom stereocenters. The molecule has 0 bridgehead atoms. The smallest absolute Gasteiger partial charge is 0.230 e. The topological polar surface area (TPSA) is 76.8 Å². The van der Waals surface area contributed by atoms with Crippen LogP contribution >= 0.6 is 12.4 Å². The van der Waals surface area contributed by atoms with Gasteiger partial charge in [0.25, 0.3) is 0 Å². The molecule has 1 fully saturated rings. The number of amides is 1. The van der Waals surface area contributed by atoms with Crippen molar-refractivity contribution in [1.82, 2.24) is 24.9 Å². The molecule has 3 aromatic rings. The van der Waals surface area contributed by atoms with Gasteiger partial charge in [0.05, 0.1) is 17.8 Å². The van der Waals surface area contributed by atoms with Crippen molar-refractivity contribution in [3.63, 3.8) is 0 Å². The lowest BCUT2D eigenvalue weighted by Crippen LogP contribution is -2.28. The van der Waals surface area contributed by atoms with Crippen LogP contribution in [0.1, 0.15) is 11.5 Å². The molecule has 7 nitrogen and oxygen atoms in total. The third kappa shape index (κ3) is 3.63. The molecule has 1 aromatic carbocycles. The summed E-state index contributed by atoms with van der Waals surface area (Å²) in [6, 6.07) is 11.6. The van der Waals surface area contributed by atoms with E-state index in [-0.39, 0.29) is 30.2 Å². The predicted molar refractivity (Wildman–Crippen MR) is 102 cm³/mol. The van der Waals surface area contributed by atoms with Crippen LogP contribution in [0.2, 0.25) is 0 Å². The molecule has 3 heterocycles. The standard InChI is InChI=1S/C18H20N6O.ClH/c1-23-12-13(9-20-23)15-10-19-11-16(15)18(25)21-17-7-8-24(22-17)14-5-3-2-4-6-14;/h2-9,12,15-16,19H,10-11H2,1H3,(H,21,22,25);1H/t15-,16+;/m1./s1. The minimum absolute atomic E-state index is 0. The van der Waals surface area contributed by atoms with Crippen molar-refractivity contribution in [1.29, 1.82) is 0 Å². The lowest BCUT2D eigenvalue weighted by atomic mass is 9.90. The van der Waals surface area contributed by atoms with Crippen molar-refractivity contribution in [2.24, 2.45) is 13.0 Å². The number of aryl methyl sites for hydroxylation is 1. The Morgan fingerprint density at radius 2 is 2.04 bits per heavy atom. The fraction of sp³-hybridized carbons (Fsp3) is 0.278. The number of halogens is 1. The second-order valence-corrected chi connectivity index (χ2v) is 6.29. The summed E-state index contributed by atoms with van der Waals surface area (Å²) in [5.41, 5.74) is 2.04. The molecule has 136 valence electrons. The Morgan fingerprint density at radius 3 is 2.77 bits per heavy atom. The molecule has 0 radical (unpaired) electrons. The highest BCUT2D eigenvalue weighted by Crippen LogP contribution is 2.28. The highest BCUT2D eigenvalue weighted by Gasteiger charge is 2.34. The Hall–Kier alpha value is -2.64. The maximum atomic E-state index is 12.7. The lowest BCUT2D eigenvalue weighted by Gasteiger charge is -2.16. The normalized spacial score (nSPS) is 19.1. The van der Waals surface area contributed by atoms with Crippen LogP contribution in [0, 0.1) is 5.92 Å². The second kappa shape index (κ2) is 7.72. The van der Waals surface area contributed by atoms with Crippen LogP contribution in [0.5, 0.6) is 0 Å². The van der Waals surface area contributed by atoms with E-state index in [0.29, 0.717) is 12.4 Å². The maximum Gasteiger partial charge on any atom is 0.230 e. The average molecular weight is 373 g/mol. The molecule has 0 spiro atoms. The number of nitrogens with zero attached hydrogens (tertiary/aromatic N) is 4. The first-order chi connectivity index (χ1) is 12.2. The molecular formula is C18H21ClN6O. The summed E-state index contributed by atoms with van der Waals surface area (Å²) in [5.74, 6) is 0.541. The summed E-state index contributed by atoms with van der Waals surface area (Å²) in [6.45, 7) is 1.44. The van der Waals surface area contributed by atoms with Crippen molar-refractivity contribution in [3.8, 4) is 5.69 Å². The quantitative estimate of drug-likeness (QED) is 0.734. The van der Waals surface area contributed by atoms with Gasteiger partial charge in [-0.1, -0.05) is 18.2 Å². The van der Waals surface area contributed by atoms with E-state index < -0.39 is 0 Å². The minimum Gasteiger partial charge on any atom is -0.315 e. The first-order valence-electron chi connectivity index (χ1n) is 8.32. The van der Waals surface area contributed by atoms with Gasteiger partial charge in [0, 0.05) is 44.5 Å². The molecule has 1 saturated heterocycles. The number of aromatic nitrogens is 4. The Morgan fingerprint density at radius 1 is 1.23 bits per heavy atom. The van der Waals surface area contributed by atoms with Gasteiger partial charge in [-0.3, -0.25) is 9.48 Å². The number of carbonyl (C=O) groups is 1. The fourth-order valence-corrected chi connectivity index (χ4v) is 3.27. The number of rotatable bonds is 4. The Balaban J connectivity index is 0.00000196. The van der Waals surface area contributed by atoms with Gasteiger partial charge in [-0.15, -0.1) is 12.4 Å². The highest BCUT2D eigenvalue weighted by atomic mass is 35.5. The number of nitrogens with one attached hydrogen (secondary N) is 2. The van der Waals surface area contributed by atoms with Crippen molar-refractivity contribution in [3.05, 3.63) is 60.6 Å². The van der Waals surface area contributed by atoms with Gasteiger partial charge in [0.15, 0.2) is 5.82 Å². The zero-order valence-corrected chi connectivity index (χ0v) is 15.2. The van der Waals surface area contributed by atoms with Gasteiger partial charge in [-0.25, -0.2) is 4.68 Å². The van der Waals surface area contributed by atoms with Gasteiger partial charge >= 0.3 is 0 Å². The van der Waals surface area contributed by atoms with Crippen LogP contribution in [-0.2, 0) is 11.8 Å². The largest absolute Gasteiger partial charge is 0.315 e. The third-order valence-electron chi connectivity index (χ3n) is 4.57. The molecular weight excluding hydrogens is 352 g/mol. The molecule has 1 aliphatic heterocycles.